The average molecular weight is 1650 g/mol. The van der Waals surface area contributed by atoms with E-state index in [1.54, 1.807) is 27.9 Å². The monoisotopic (exact) mass is 1650 g/mol. The number of nitrogens with one attached hydrogen (secondary N) is 8. The largest absolute Gasteiger partial charge is 0.481 e. The van der Waals surface area contributed by atoms with Crippen LogP contribution < -0.4 is 54.0 Å². The van der Waals surface area contributed by atoms with Gasteiger partial charge in [0.2, 0.25) is 35.4 Å². The molecule has 2 saturated heterocycles. The molecule has 0 aliphatic carbocycles. The summed E-state index contributed by atoms with van der Waals surface area (Å²) in [5.41, 5.74) is 8.84. The lowest BCUT2D eigenvalue weighted by molar-refractivity contribution is -0.970. The number of carbonyl (C=O) groups is 12. The van der Waals surface area contributed by atoms with Crippen molar-refractivity contribution < 1.29 is 155 Å². The number of aliphatic carboxylic acids is 4. The van der Waals surface area contributed by atoms with Crippen molar-refractivity contribution >= 4 is 82.5 Å². The smallest absolute Gasteiger partial charge is 0.329 e. The first-order valence-corrected chi connectivity index (χ1v) is 38.2. The van der Waals surface area contributed by atoms with Gasteiger partial charge in [-0.05, 0) is 52.4 Å². The third-order valence-corrected chi connectivity index (χ3v) is 14.5. The number of hydrogen-bond donors (Lipinski definition) is 15. The van der Waals surface area contributed by atoms with Crippen LogP contribution in [0.25, 0.3) is 0 Å². The highest BCUT2D eigenvalue weighted by atomic mass is 35.5. The molecule has 2 heterocycles. The van der Waals surface area contributed by atoms with Gasteiger partial charge < -0.3 is 155 Å². The van der Waals surface area contributed by atoms with Crippen LogP contribution >= 0.6 is 11.6 Å². The molecule has 0 spiro atoms. The first kappa shape index (κ1) is 112. The van der Waals surface area contributed by atoms with Crippen LogP contribution in [0.15, 0.2) is 0 Å². The number of epoxide rings is 1. The zero-order valence-electron chi connectivity index (χ0n) is 66.5. The van der Waals surface area contributed by atoms with Gasteiger partial charge in [0.15, 0.2) is 6.10 Å². The topological polar surface area (TPSA) is 579 Å². The highest BCUT2D eigenvalue weighted by molar-refractivity contribution is 6.18. The van der Waals surface area contributed by atoms with E-state index in [1.165, 1.54) is 0 Å². The number of ketones is 2. The van der Waals surface area contributed by atoms with Crippen molar-refractivity contribution in [2.75, 3.05) is 277 Å². The predicted molar refractivity (Wildman–Crippen MR) is 406 cm³/mol. The van der Waals surface area contributed by atoms with Crippen molar-refractivity contribution in [2.24, 2.45) is 5.73 Å². The number of carboxylic acids is 4. The number of ether oxygens (including phenoxy) is 13. The van der Waals surface area contributed by atoms with Crippen molar-refractivity contribution in [1.29, 1.82) is 0 Å². The number of aliphatic hydroxyl groups excluding tert-OH is 1. The van der Waals surface area contributed by atoms with Gasteiger partial charge >= 0.3 is 23.9 Å². The summed E-state index contributed by atoms with van der Waals surface area (Å²) in [6.45, 7) is 18.5. The number of amides is 6. The number of nitrogens with two attached hydrogens (primary N) is 1. The number of aliphatic hydroxyl groups is 1. The lowest BCUT2D eigenvalue weighted by atomic mass is 10.1. The molecule has 41 nitrogen and oxygen atoms in total. The number of likely N-dealkylation sites (N-methyl/N-ethyl adjacent to an activating group) is 2. The van der Waals surface area contributed by atoms with Crippen molar-refractivity contribution in [1.82, 2.24) is 42.5 Å². The fourth-order valence-corrected chi connectivity index (χ4v) is 8.52. The van der Waals surface area contributed by atoms with Crippen molar-refractivity contribution in [3.05, 3.63) is 0 Å². The van der Waals surface area contributed by atoms with Gasteiger partial charge in [-0.15, -0.1) is 11.6 Å². The molecule has 112 heavy (non-hydrogen) atoms. The summed E-state index contributed by atoms with van der Waals surface area (Å²) in [6.07, 6.45) is 5.79. The normalized spacial score (nSPS) is 14.1. The Morgan fingerprint density at radius 1 is 0.393 bits per heavy atom. The van der Waals surface area contributed by atoms with Crippen LogP contribution in [-0.4, -0.2) is 390 Å². The van der Waals surface area contributed by atoms with Crippen LogP contribution in [0.3, 0.4) is 0 Å². The van der Waals surface area contributed by atoms with E-state index in [0.29, 0.717) is 232 Å². The summed E-state index contributed by atoms with van der Waals surface area (Å²) in [4.78, 5) is 131. The Morgan fingerprint density at radius 3 is 0.955 bits per heavy atom. The molecule has 2 aliphatic heterocycles. The van der Waals surface area contributed by atoms with Crippen LogP contribution in [0.5, 0.6) is 0 Å². The summed E-state index contributed by atoms with van der Waals surface area (Å²) in [5.74, 6) is -3.65. The highest BCUT2D eigenvalue weighted by Crippen LogP contribution is 2.19. The van der Waals surface area contributed by atoms with E-state index in [0.717, 1.165) is 45.6 Å². The van der Waals surface area contributed by atoms with Crippen molar-refractivity contribution in [3.8, 4) is 0 Å². The van der Waals surface area contributed by atoms with Crippen LogP contribution in [-0.2, 0) is 119 Å². The van der Waals surface area contributed by atoms with Crippen molar-refractivity contribution in [3.63, 3.8) is 0 Å². The van der Waals surface area contributed by atoms with Gasteiger partial charge in [-0.1, -0.05) is 0 Å². The number of nitrogens with zero attached hydrogens (tertiary/aromatic N) is 1. The maximum Gasteiger partial charge on any atom is 0.329 e. The molecular weight excluding hydrogens is 1510 g/mol. The number of rotatable bonds is 71. The van der Waals surface area contributed by atoms with Crippen LogP contribution in [0.1, 0.15) is 90.9 Å². The summed E-state index contributed by atoms with van der Waals surface area (Å²) in [5, 5.41) is 65.0. The number of likely N-dealkylation sites (tertiary alicyclic amines) is 1. The number of Topliss-reactive ketones (excluding diaryl/α,β-unsaturated/α-hetero) is 2. The second-order valence-corrected chi connectivity index (χ2v) is 24.7. The van der Waals surface area contributed by atoms with Crippen LogP contribution in [0.2, 0.25) is 0 Å². The van der Waals surface area contributed by atoms with Crippen LogP contribution in [0, 0.1) is 0 Å². The molecular formula is C70H136ClN11O30+2. The minimum atomic E-state index is -1.01. The molecule has 18 N–H and O–H groups in total. The zero-order valence-corrected chi connectivity index (χ0v) is 67.2. The van der Waals surface area contributed by atoms with Gasteiger partial charge in [-0.3, -0.25) is 38.4 Å². The molecule has 2 aliphatic rings. The van der Waals surface area contributed by atoms with Gasteiger partial charge in [0.05, 0.1) is 170 Å². The number of carboxylic acid groups (broad SMARTS) is 4. The Morgan fingerprint density at radius 2 is 0.679 bits per heavy atom. The first-order valence-electron chi connectivity index (χ1n) is 37.7. The minimum Gasteiger partial charge on any atom is -0.481 e. The number of quaternary nitrogens is 2. The Labute approximate surface area is 663 Å². The second-order valence-electron chi connectivity index (χ2n) is 24.4. The van der Waals surface area contributed by atoms with E-state index in [9.17, 15) is 62.6 Å². The maximum absolute atomic E-state index is 12.0. The third-order valence-electron chi connectivity index (χ3n) is 14.2. The van der Waals surface area contributed by atoms with E-state index < -0.39 is 23.9 Å². The Hall–Kier alpha value is -6.43. The Kier molecular flexibility index (Phi) is 85.4. The molecule has 2 rings (SSSR count). The average Bonchev–Trinajstić information content (AvgIpc) is 1.03. The van der Waals surface area contributed by atoms with Gasteiger partial charge in [0.25, 0.3) is 0 Å². The van der Waals surface area contributed by atoms with Gasteiger partial charge in [0.1, 0.15) is 64.3 Å². The molecule has 42 heteroatoms. The summed E-state index contributed by atoms with van der Waals surface area (Å²) in [6, 6.07) is 0. The van der Waals surface area contributed by atoms with Gasteiger partial charge in [-0.2, -0.15) is 0 Å². The second kappa shape index (κ2) is 85.5. The molecule has 656 valence electrons. The molecule has 0 saturated carbocycles. The molecule has 1 atom stereocenters. The lowest BCUT2D eigenvalue weighted by Crippen LogP contribution is -2.69. The van der Waals surface area contributed by atoms with Crippen LogP contribution in [0.4, 0.5) is 0 Å². The molecule has 2 fully saturated rings. The Balaban J connectivity index is -0.000000707. The predicted octanol–water partition coefficient (Wildman–Crippen LogP) is -4.52. The third kappa shape index (κ3) is 95.9. The summed E-state index contributed by atoms with van der Waals surface area (Å²) in [7, 11) is 3.09. The quantitative estimate of drug-likeness (QED) is 0.0118. The molecule has 0 aromatic carbocycles. The molecule has 0 radical (unpaired) electrons. The minimum absolute atomic E-state index is 0.00943. The zero-order chi connectivity index (χ0) is 84.2. The van der Waals surface area contributed by atoms with E-state index in [2.05, 4.69) is 48.3 Å². The number of carbonyl (C=O) groups excluding carboxylic acids is 8. The highest BCUT2D eigenvalue weighted by Gasteiger charge is 2.42. The molecule has 0 bridgehead atoms. The Bertz CT molecular complexity index is 2330. The number of unbranched alkanes of at least 4 members (excludes halogenated alkanes) is 3. The standard InChI is InChI=1S/C25H46N4O9.C22H42N4O8.C10H18O8.C6H10O4.C4H13N3.C3H5ClO/c1-21(30)5-3-4-6-23(32)27-7-9-29(17-22(31)18-29)10-8-28-25(34)20-38-16-14-36-12-11-35-13-15-37-19-24(33)26-2;1-19(27)5-3-4-6-20(28)25-9-7-24-8-10-26-22(30)18-34-16-14-32-12-11-31-13-15-33-17-21(29)23-2;11-9(12)7-17-5-3-15-1-2-16-4-6-18-8-10(13)14;7-5(8)3-1-2-4-6(9)10;5-1-3-7-4-2-6;4-1-3-2-5-3/h22,31H,3-20H2,1-2H3,(H2-,26,27,28,32,33,34);24H,3-18H2,1-2H3,(H,23,29)(H,25,28)(H,26,30);1-8H2,(H,11,12)(H,13,14);1-4H2,(H,7,8)(H,9,10);7H,1-6H2;3H,1-2H2/p+2. The molecule has 6 amide bonds. The maximum atomic E-state index is 12.0. The van der Waals surface area contributed by atoms with E-state index in [-0.39, 0.29) is 125 Å². The fourth-order valence-electron chi connectivity index (χ4n) is 8.34. The first-order chi connectivity index (χ1) is 53.8. The lowest BCUT2D eigenvalue weighted by Gasteiger charge is -2.48. The molecule has 0 aromatic rings. The summed E-state index contributed by atoms with van der Waals surface area (Å²) >= 11 is 5.27. The molecule has 1 unspecified atom stereocenters. The van der Waals surface area contributed by atoms with Crippen molar-refractivity contribution in [2.45, 2.75) is 103 Å². The summed E-state index contributed by atoms with van der Waals surface area (Å²) < 4.78 is 67.1. The van der Waals surface area contributed by atoms with E-state index in [4.69, 9.17) is 99.3 Å². The fraction of sp³-hybridized carbons (Fsp3) is 0.829. The van der Waals surface area contributed by atoms with E-state index in [1.807, 2.05) is 0 Å². The number of hydrogen-bond acceptors (Lipinski definition) is 29. The SMILES string of the molecule is CNC(=O)COCCOCCOCCOCC(=O)NCCNCCNC(=O)CCCCC(C)=O.CNC(=O)COCCOCCOCCOCC(=O)NCC[N+]1(CCNC(=O)CCCCC(C)=O)CC(O)C1.ClCC1CO1.NCCNCC[NH3+].O=C(O)CCCCC(=O)O.O=C(O)COCCOCCOCCOCC(=O)O. The van der Waals surface area contributed by atoms with Gasteiger partial charge in [0, 0.05) is 98.4 Å². The van der Waals surface area contributed by atoms with Gasteiger partial charge in [-0.25, -0.2) is 9.59 Å². The molecule has 0 aromatic heterocycles. The number of alkyl halides is 1. The van der Waals surface area contributed by atoms with E-state index >= 15 is 0 Å². The number of halogens is 1.